The van der Waals surface area contributed by atoms with Gasteiger partial charge >= 0.3 is 0 Å². The number of nitrogens with zero attached hydrogens (tertiary/aromatic N) is 2. The fourth-order valence-electron chi connectivity index (χ4n) is 5.49. The molecule has 4 rings (SSSR count). The van der Waals surface area contributed by atoms with Crippen molar-refractivity contribution in [2.45, 2.75) is 70.5 Å². The zero-order valence-corrected chi connectivity index (χ0v) is 25.2. The number of halogens is 1. The third kappa shape index (κ3) is 8.89. The van der Waals surface area contributed by atoms with Crippen LogP contribution in [0.3, 0.4) is 0 Å². The Bertz CT molecular complexity index is 1440. The Balaban J connectivity index is 1.58. The van der Waals surface area contributed by atoms with E-state index in [1.54, 1.807) is 35.2 Å². The van der Waals surface area contributed by atoms with Crippen LogP contribution in [-0.2, 0) is 32.6 Å². The maximum atomic E-state index is 13.9. The molecule has 1 saturated carbocycles. The molecule has 0 unspecified atom stereocenters. The van der Waals surface area contributed by atoms with Gasteiger partial charge in [0.15, 0.2) is 0 Å². The highest BCUT2D eigenvalue weighted by Crippen LogP contribution is 2.22. The molecule has 1 fully saturated rings. The number of rotatable bonds is 13. The topological polar surface area (TPSA) is 86.8 Å². The number of nitrogens with one attached hydrogen (secondary N) is 1. The lowest BCUT2D eigenvalue weighted by Gasteiger charge is -2.33. The van der Waals surface area contributed by atoms with E-state index in [2.05, 4.69) is 5.32 Å². The van der Waals surface area contributed by atoms with E-state index in [4.69, 9.17) is 0 Å². The lowest BCUT2D eigenvalue weighted by molar-refractivity contribution is -0.141. The van der Waals surface area contributed by atoms with Crippen molar-refractivity contribution in [2.24, 2.45) is 0 Å². The van der Waals surface area contributed by atoms with Gasteiger partial charge in [-0.1, -0.05) is 67.4 Å². The maximum absolute atomic E-state index is 13.9. The number of carbonyl (C=O) groups is 2. The summed E-state index contributed by atoms with van der Waals surface area (Å²) in [7, 11) is -3.58. The van der Waals surface area contributed by atoms with Crippen molar-refractivity contribution >= 4 is 27.5 Å². The van der Waals surface area contributed by atoms with Crippen LogP contribution in [0.4, 0.5) is 10.1 Å². The Hall–Kier alpha value is -3.72. The zero-order valence-electron chi connectivity index (χ0n) is 24.3. The predicted octanol–water partition coefficient (Wildman–Crippen LogP) is 5.38. The Morgan fingerprint density at radius 1 is 0.952 bits per heavy atom. The first kappa shape index (κ1) is 31.2. The summed E-state index contributed by atoms with van der Waals surface area (Å²) < 4.78 is 40.3. The Morgan fingerprint density at radius 2 is 1.64 bits per heavy atom. The molecule has 1 aliphatic carbocycles. The SMILES string of the molecule is Cc1cccc(N(CCCC(=O)N(Cc2ccc(F)cc2)[C@H](Cc2ccccc2)C(=O)NC2CCCC2)S(C)(=O)=O)c1. The summed E-state index contributed by atoms with van der Waals surface area (Å²) in [5, 5.41) is 3.17. The normalized spacial score (nSPS) is 14.4. The first-order valence-electron chi connectivity index (χ1n) is 14.5. The van der Waals surface area contributed by atoms with Gasteiger partial charge in [-0.05, 0) is 67.1 Å². The van der Waals surface area contributed by atoms with Crippen molar-refractivity contribution < 1.29 is 22.4 Å². The highest BCUT2D eigenvalue weighted by Gasteiger charge is 2.32. The fraction of sp³-hybridized carbons (Fsp3) is 0.394. The van der Waals surface area contributed by atoms with Crippen molar-refractivity contribution in [3.63, 3.8) is 0 Å². The van der Waals surface area contributed by atoms with Crippen LogP contribution >= 0.6 is 0 Å². The number of carbonyl (C=O) groups excluding carboxylic acids is 2. The molecule has 2 amide bonds. The van der Waals surface area contributed by atoms with Crippen molar-refractivity contribution in [2.75, 3.05) is 17.1 Å². The summed E-state index contributed by atoms with van der Waals surface area (Å²) >= 11 is 0. The van der Waals surface area contributed by atoms with Gasteiger partial charge in [-0.15, -0.1) is 0 Å². The van der Waals surface area contributed by atoms with Crippen molar-refractivity contribution in [1.82, 2.24) is 10.2 Å². The smallest absolute Gasteiger partial charge is 0.243 e. The zero-order chi connectivity index (χ0) is 30.1. The van der Waals surface area contributed by atoms with Crippen LogP contribution in [0, 0.1) is 12.7 Å². The molecule has 3 aromatic carbocycles. The molecule has 224 valence electrons. The van der Waals surface area contributed by atoms with E-state index < -0.39 is 16.1 Å². The van der Waals surface area contributed by atoms with Gasteiger partial charge < -0.3 is 10.2 Å². The van der Waals surface area contributed by atoms with E-state index in [-0.39, 0.29) is 49.6 Å². The Kier molecular flexibility index (Phi) is 10.7. The minimum Gasteiger partial charge on any atom is -0.352 e. The molecule has 0 aromatic heterocycles. The molecular weight excluding hydrogens is 553 g/mol. The molecule has 1 atom stereocenters. The average molecular weight is 594 g/mol. The quantitative estimate of drug-likeness (QED) is 0.288. The second-order valence-electron chi connectivity index (χ2n) is 11.1. The molecule has 0 aliphatic heterocycles. The number of anilines is 1. The molecular formula is C33H40FN3O4S. The van der Waals surface area contributed by atoms with Crippen molar-refractivity contribution in [1.29, 1.82) is 0 Å². The van der Waals surface area contributed by atoms with Gasteiger partial charge in [-0.2, -0.15) is 0 Å². The molecule has 3 aromatic rings. The third-order valence-corrected chi connectivity index (χ3v) is 8.87. The summed E-state index contributed by atoms with van der Waals surface area (Å²) in [6, 6.07) is 22.0. The van der Waals surface area contributed by atoms with Crippen LogP contribution in [-0.4, -0.2) is 50.0 Å². The first-order valence-corrected chi connectivity index (χ1v) is 16.4. The molecule has 1 aliphatic rings. The van der Waals surface area contributed by atoms with Gasteiger partial charge in [-0.25, -0.2) is 12.8 Å². The first-order chi connectivity index (χ1) is 20.1. The molecule has 0 radical (unpaired) electrons. The second kappa shape index (κ2) is 14.4. The maximum Gasteiger partial charge on any atom is 0.243 e. The van der Waals surface area contributed by atoms with Crippen LogP contribution in [0.2, 0.25) is 0 Å². The number of amides is 2. The van der Waals surface area contributed by atoms with Crippen LogP contribution in [0.25, 0.3) is 0 Å². The second-order valence-corrected chi connectivity index (χ2v) is 13.0. The molecule has 0 bridgehead atoms. The lowest BCUT2D eigenvalue weighted by Crippen LogP contribution is -2.52. The van der Waals surface area contributed by atoms with Gasteiger partial charge in [-0.3, -0.25) is 13.9 Å². The molecule has 1 N–H and O–H groups in total. The number of hydrogen-bond donors (Lipinski definition) is 1. The summed E-state index contributed by atoms with van der Waals surface area (Å²) in [4.78, 5) is 29.3. The number of hydrogen-bond acceptors (Lipinski definition) is 4. The van der Waals surface area contributed by atoms with Gasteiger partial charge in [0.05, 0.1) is 11.9 Å². The van der Waals surface area contributed by atoms with Gasteiger partial charge in [0.1, 0.15) is 11.9 Å². The predicted molar refractivity (Wildman–Crippen MR) is 164 cm³/mol. The minimum absolute atomic E-state index is 0.0427. The van der Waals surface area contributed by atoms with Crippen LogP contribution in [0.1, 0.15) is 55.2 Å². The highest BCUT2D eigenvalue weighted by molar-refractivity contribution is 7.92. The van der Waals surface area contributed by atoms with E-state index in [9.17, 15) is 22.4 Å². The van der Waals surface area contributed by atoms with E-state index >= 15 is 0 Å². The van der Waals surface area contributed by atoms with Gasteiger partial charge in [0.2, 0.25) is 21.8 Å². The Labute approximate surface area is 248 Å². The monoisotopic (exact) mass is 593 g/mol. The van der Waals surface area contributed by atoms with E-state index in [0.29, 0.717) is 17.7 Å². The van der Waals surface area contributed by atoms with Crippen LogP contribution in [0.5, 0.6) is 0 Å². The molecule has 0 spiro atoms. The number of benzene rings is 3. The molecule has 9 heteroatoms. The van der Waals surface area contributed by atoms with E-state index in [1.165, 1.54) is 16.4 Å². The minimum atomic E-state index is -3.58. The third-order valence-electron chi connectivity index (χ3n) is 7.68. The molecule has 0 heterocycles. The average Bonchev–Trinajstić information content (AvgIpc) is 3.47. The molecule has 42 heavy (non-hydrogen) atoms. The van der Waals surface area contributed by atoms with E-state index in [0.717, 1.165) is 43.1 Å². The summed E-state index contributed by atoms with van der Waals surface area (Å²) in [5.41, 5.74) is 3.10. The standard InChI is InChI=1S/C33H40FN3O4S/c1-25-10-8-15-30(22-25)37(42(2,40)41)21-9-16-32(38)36(24-27-17-19-28(34)20-18-27)31(23-26-11-4-3-5-12-26)33(39)35-29-13-6-7-14-29/h3-5,8,10-12,15,17-20,22,29,31H,6-7,9,13-14,16,21,23-24H2,1-2H3,(H,35,39)/t31-/m1/s1. The summed E-state index contributed by atoms with van der Waals surface area (Å²) in [6.07, 6.45) is 5.73. The summed E-state index contributed by atoms with van der Waals surface area (Å²) in [6.45, 7) is 2.14. The Morgan fingerprint density at radius 3 is 2.29 bits per heavy atom. The summed E-state index contributed by atoms with van der Waals surface area (Å²) in [5.74, 6) is -0.855. The largest absolute Gasteiger partial charge is 0.352 e. The van der Waals surface area contributed by atoms with Gasteiger partial charge in [0.25, 0.3) is 0 Å². The lowest BCUT2D eigenvalue weighted by atomic mass is 10.0. The van der Waals surface area contributed by atoms with Gasteiger partial charge in [0, 0.05) is 32.0 Å². The van der Waals surface area contributed by atoms with Crippen molar-refractivity contribution in [3.8, 4) is 0 Å². The number of aryl methyl sites for hydroxylation is 1. The highest BCUT2D eigenvalue weighted by atomic mass is 32.2. The molecule has 0 saturated heterocycles. The van der Waals surface area contributed by atoms with Crippen LogP contribution in [0.15, 0.2) is 78.9 Å². The van der Waals surface area contributed by atoms with Crippen LogP contribution < -0.4 is 9.62 Å². The van der Waals surface area contributed by atoms with Crippen molar-refractivity contribution in [3.05, 3.63) is 101 Å². The fourth-order valence-corrected chi connectivity index (χ4v) is 6.45. The molecule has 7 nitrogen and oxygen atoms in total. The van der Waals surface area contributed by atoms with E-state index in [1.807, 2.05) is 43.3 Å². The number of sulfonamides is 1.